The van der Waals surface area contributed by atoms with E-state index < -0.39 is 0 Å². The Bertz CT molecular complexity index is 1190. The maximum Gasteiger partial charge on any atom is 0.118 e. The Morgan fingerprint density at radius 1 is 0.806 bits per heavy atom. The quantitative estimate of drug-likeness (QED) is 0.448. The maximum absolute atomic E-state index is 4.20. The first-order valence-corrected chi connectivity index (χ1v) is 12.2. The van der Waals surface area contributed by atoms with Crippen molar-refractivity contribution in [3.05, 3.63) is 83.6 Å². The highest BCUT2D eigenvalue weighted by atomic mass is 15.4. The van der Waals surface area contributed by atoms with E-state index in [9.17, 15) is 0 Å². The molecule has 3 aromatic rings. The van der Waals surface area contributed by atoms with Gasteiger partial charge in [-0.3, -0.25) is 0 Å². The van der Waals surface area contributed by atoms with Gasteiger partial charge in [0.25, 0.3) is 0 Å². The number of hydrogen-bond donors (Lipinski definition) is 1. The van der Waals surface area contributed by atoms with Crippen molar-refractivity contribution in [2.45, 2.75) is 62.9 Å². The van der Waals surface area contributed by atoms with Gasteiger partial charge in [-0.15, -0.1) is 0 Å². The van der Waals surface area contributed by atoms with Crippen LogP contribution >= 0.6 is 0 Å². The predicted molar refractivity (Wildman–Crippen MR) is 129 cm³/mol. The summed E-state index contributed by atoms with van der Waals surface area (Å²) in [4.78, 5) is 2.82. The molecular formula is C29H30N2. The van der Waals surface area contributed by atoms with Gasteiger partial charge in [-0.25, -0.2) is 0 Å². The van der Waals surface area contributed by atoms with Crippen LogP contribution < -0.4 is 10.2 Å². The molecule has 0 saturated heterocycles. The SMILES string of the molecule is c1ccc(C2C3=C(CCCC3)N3c4cccc5cccc(c45)N[C@@]34CCCCC24)cc1. The van der Waals surface area contributed by atoms with Gasteiger partial charge in [0.15, 0.2) is 0 Å². The zero-order chi connectivity index (χ0) is 20.4. The lowest BCUT2D eigenvalue weighted by Gasteiger charge is -2.62. The van der Waals surface area contributed by atoms with Crippen molar-refractivity contribution in [1.29, 1.82) is 0 Å². The Labute approximate surface area is 185 Å². The first-order chi connectivity index (χ1) is 15.4. The van der Waals surface area contributed by atoms with E-state index in [1.165, 1.54) is 79.1 Å². The number of benzene rings is 3. The Morgan fingerprint density at radius 2 is 1.65 bits per heavy atom. The van der Waals surface area contributed by atoms with Crippen LogP contribution in [0.1, 0.15) is 62.8 Å². The Hall–Kier alpha value is -2.74. The van der Waals surface area contributed by atoms with E-state index in [-0.39, 0.29) is 5.66 Å². The summed E-state index contributed by atoms with van der Waals surface area (Å²) in [5.74, 6) is 1.15. The largest absolute Gasteiger partial charge is 0.362 e. The summed E-state index contributed by atoms with van der Waals surface area (Å²) in [6, 6.07) is 25.2. The van der Waals surface area contributed by atoms with Crippen molar-refractivity contribution >= 4 is 22.1 Å². The molecule has 2 heteroatoms. The van der Waals surface area contributed by atoms with Crippen molar-refractivity contribution < 1.29 is 0 Å². The molecule has 0 radical (unpaired) electrons. The molecule has 1 fully saturated rings. The molecule has 1 N–H and O–H groups in total. The Balaban J connectivity index is 1.54. The maximum atomic E-state index is 4.20. The van der Waals surface area contributed by atoms with Gasteiger partial charge in [0.2, 0.25) is 0 Å². The second kappa shape index (κ2) is 6.63. The number of anilines is 2. The Kier molecular flexibility index (Phi) is 3.82. The zero-order valence-electron chi connectivity index (χ0n) is 18.1. The molecule has 1 spiro atoms. The van der Waals surface area contributed by atoms with Gasteiger partial charge in [0, 0.05) is 28.6 Å². The fourth-order valence-electron chi connectivity index (χ4n) is 7.40. The van der Waals surface area contributed by atoms with Crippen molar-refractivity contribution in [2.24, 2.45) is 5.92 Å². The van der Waals surface area contributed by atoms with Gasteiger partial charge in [0.1, 0.15) is 5.66 Å². The van der Waals surface area contributed by atoms with Gasteiger partial charge < -0.3 is 10.2 Å². The first kappa shape index (κ1) is 17.9. The average molecular weight is 407 g/mol. The lowest BCUT2D eigenvalue weighted by atomic mass is 9.61. The molecule has 2 nitrogen and oxygen atoms in total. The fourth-order valence-corrected chi connectivity index (χ4v) is 7.40. The van der Waals surface area contributed by atoms with Gasteiger partial charge in [0.05, 0.1) is 5.69 Å². The standard InChI is InChI=1S/C29H30N2/c1-2-10-20(11-3-1)27-22-14-4-5-17-25(22)31-26-18-9-13-21-12-8-16-24(28(21)26)30-29(31)19-7-6-15-23(27)29/h1-3,8-13,16,18,23,27,30H,4-7,14-15,17,19H2/t23?,27?,29-/m0/s1. The molecule has 1 saturated carbocycles. The van der Waals surface area contributed by atoms with Gasteiger partial charge >= 0.3 is 0 Å². The summed E-state index contributed by atoms with van der Waals surface area (Å²) in [5, 5.41) is 6.97. The smallest absolute Gasteiger partial charge is 0.118 e. The molecule has 2 aliphatic heterocycles. The minimum atomic E-state index is -0.00241. The van der Waals surface area contributed by atoms with E-state index in [1.54, 1.807) is 11.3 Å². The molecule has 31 heavy (non-hydrogen) atoms. The first-order valence-electron chi connectivity index (χ1n) is 12.2. The molecule has 2 heterocycles. The van der Waals surface area contributed by atoms with Crippen LogP contribution in [0.3, 0.4) is 0 Å². The number of allylic oxidation sites excluding steroid dienone is 2. The minimum Gasteiger partial charge on any atom is -0.362 e. The normalized spacial score (nSPS) is 29.1. The number of hydrogen-bond acceptors (Lipinski definition) is 2. The molecule has 3 atom stereocenters. The molecule has 2 unspecified atom stereocenters. The van der Waals surface area contributed by atoms with Gasteiger partial charge in [-0.1, -0.05) is 61.0 Å². The van der Waals surface area contributed by atoms with Crippen LogP contribution in [-0.4, -0.2) is 5.66 Å². The highest BCUT2D eigenvalue weighted by Gasteiger charge is 2.56. The van der Waals surface area contributed by atoms with E-state index in [1.807, 2.05) is 0 Å². The van der Waals surface area contributed by atoms with E-state index in [0.717, 1.165) is 0 Å². The summed E-state index contributed by atoms with van der Waals surface area (Å²) in [6.07, 6.45) is 10.3. The van der Waals surface area contributed by atoms with Crippen LogP contribution in [0.4, 0.5) is 11.4 Å². The highest BCUT2D eigenvalue weighted by molar-refractivity contribution is 6.06. The van der Waals surface area contributed by atoms with Gasteiger partial charge in [-0.2, -0.15) is 0 Å². The van der Waals surface area contributed by atoms with Crippen LogP contribution in [0.2, 0.25) is 0 Å². The second-order valence-electron chi connectivity index (χ2n) is 9.99. The molecule has 0 aromatic heterocycles. The van der Waals surface area contributed by atoms with Crippen LogP contribution in [0.15, 0.2) is 78.0 Å². The van der Waals surface area contributed by atoms with Crippen LogP contribution in [0.5, 0.6) is 0 Å². The summed E-state index contributed by atoms with van der Waals surface area (Å²) >= 11 is 0. The molecule has 3 aromatic carbocycles. The van der Waals surface area contributed by atoms with Crippen LogP contribution in [-0.2, 0) is 0 Å². The third-order valence-corrected chi connectivity index (χ3v) is 8.50. The number of nitrogens with zero attached hydrogens (tertiary/aromatic N) is 1. The predicted octanol–water partition coefficient (Wildman–Crippen LogP) is 7.58. The Morgan fingerprint density at radius 3 is 2.55 bits per heavy atom. The summed E-state index contributed by atoms with van der Waals surface area (Å²) < 4.78 is 0. The topological polar surface area (TPSA) is 15.3 Å². The van der Waals surface area contributed by atoms with E-state index in [2.05, 4.69) is 76.9 Å². The molecule has 156 valence electrons. The lowest BCUT2D eigenvalue weighted by Crippen LogP contribution is -2.66. The van der Waals surface area contributed by atoms with Crippen LogP contribution in [0.25, 0.3) is 10.8 Å². The summed E-state index contributed by atoms with van der Waals surface area (Å²) in [7, 11) is 0. The molecule has 0 bridgehead atoms. The van der Waals surface area contributed by atoms with Crippen LogP contribution in [0, 0.1) is 5.92 Å². The summed E-state index contributed by atoms with van der Waals surface area (Å²) in [6.45, 7) is 0. The zero-order valence-corrected chi connectivity index (χ0v) is 18.1. The number of fused-ring (bicyclic) bond motifs is 2. The molecule has 2 aliphatic carbocycles. The molecule has 4 aliphatic rings. The highest BCUT2D eigenvalue weighted by Crippen LogP contribution is 2.60. The average Bonchev–Trinajstić information content (AvgIpc) is 2.83. The molecular weight excluding hydrogens is 376 g/mol. The van der Waals surface area contributed by atoms with E-state index in [0.29, 0.717) is 11.8 Å². The lowest BCUT2D eigenvalue weighted by molar-refractivity contribution is 0.169. The summed E-state index contributed by atoms with van der Waals surface area (Å²) in [5.41, 5.74) is 7.67. The molecule has 0 amide bonds. The van der Waals surface area contributed by atoms with Gasteiger partial charge in [-0.05, 0) is 73.6 Å². The minimum absolute atomic E-state index is 0.00241. The van der Waals surface area contributed by atoms with Crippen molar-refractivity contribution in [3.8, 4) is 0 Å². The van der Waals surface area contributed by atoms with E-state index in [4.69, 9.17) is 0 Å². The monoisotopic (exact) mass is 406 g/mol. The van der Waals surface area contributed by atoms with Crippen molar-refractivity contribution in [1.82, 2.24) is 0 Å². The third-order valence-electron chi connectivity index (χ3n) is 8.50. The van der Waals surface area contributed by atoms with E-state index >= 15 is 0 Å². The molecule has 7 rings (SSSR count). The second-order valence-corrected chi connectivity index (χ2v) is 9.99. The number of nitrogens with one attached hydrogen (secondary N) is 1. The fraction of sp³-hybridized carbons (Fsp3) is 0.379. The third kappa shape index (κ3) is 2.39. The van der Waals surface area contributed by atoms with Crippen molar-refractivity contribution in [3.63, 3.8) is 0 Å². The number of rotatable bonds is 1. The van der Waals surface area contributed by atoms with Crippen molar-refractivity contribution in [2.75, 3.05) is 10.2 Å².